The molecule has 19 heavy (non-hydrogen) atoms. The number of piperidine rings is 2. The molecule has 2 nitrogen and oxygen atoms in total. The lowest BCUT2D eigenvalue weighted by Crippen LogP contribution is -2.49. The maximum Gasteiger partial charge on any atom is 0.0408 e. The summed E-state index contributed by atoms with van der Waals surface area (Å²) in [5, 5.41) is 4.45. The highest BCUT2D eigenvalue weighted by Crippen LogP contribution is 2.48. The average molecular weight is 279 g/mol. The predicted molar refractivity (Wildman–Crippen MR) is 80.8 cm³/mol. The fraction of sp³-hybridized carbons (Fsp3) is 0.625. The summed E-state index contributed by atoms with van der Waals surface area (Å²) in [7, 11) is 2.24. The van der Waals surface area contributed by atoms with Gasteiger partial charge in [-0.25, -0.2) is 0 Å². The highest BCUT2D eigenvalue weighted by molar-refractivity contribution is 6.30. The van der Waals surface area contributed by atoms with Crippen LogP contribution in [0.1, 0.15) is 30.7 Å². The normalized spacial score (nSPS) is 27.6. The van der Waals surface area contributed by atoms with Crippen LogP contribution in [0.3, 0.4) is 0 Å². The Morgan fingerprint density at radius 3 is 2.79 bits per heavy atom. The number of rotatable bonds is 1. The molecule has 0 amide bonds. The number of benzene rings is 1. The molecule has 3 rings (SSSR count). The van der Waals surface area contributed by atoms with Crippen LogP contribution in [0.5, 0.6) is 0 Å². The maximum atomic E-state index is 6.19. The summed E-state index contributed by atoms with van der Waals surface area (Å²) in [6.07, 6.45) is 3.95. The van der Waals surface area contributed by atoms with Crippen LogP contribution >= 0.6 is 11.6 Å². The zero-order valence-electron chi connectivity index (χ0n) is 11.7. The molecule has 104 valence electrons. The van der Waals surface area contributed by atoms with E-state index in [0.29, 0.717) is 11.3 Å². The zero-order chi connectivity index (χ0) is 13.3. The molecule has 2 aliphatic heterocycles. The number of nitrogens with zero attached hydrogens (tertiary/aromatic N) is 1. The average Bonchev–Trinajstić information content (AvgIpc) is 2.43. The Hall–Kier alpha value is -0.570. The van der Waals surface area contributed by atoms with E-state index in [9.17, 15) is 0 Å². The van der Waals surface area contributed by atoms with E-state index in [0.717, 1.165) is 11.6 Å². The van der Waals surface area contributed by atoms with Crippen molar-refractivity contribution >= 4 is 11.6 Å². The number of nitrogens with one attached hydrogen (secondary N) is 1. The van der Waals surface area contributed by atoms with E-state index < -0.39 is 0 Å². The van der Waals surface area contributed by atoms with Gasteiger partial charge in [-0.1, -0.05) is 23.7 Å². The second kappa shape index (κ2) is 5.43. The third-order valence-electron chi connectivity index (χ3n) is 5.12. The fourth-order valence-electron chi connectivity index (χ4n) is 3.83. The van der Waals surface area contributed by atoms with Gasteiger partial charge in [0.1, 0.15) is 0 Å². The van der Waals surface area contributed by atoms with Crippen LogP contribution in [0, 0.1) is 5.41 Å². The lowest BCUT2D eigenvalue weighted by atomic mass is 9.63. The first-order chi connectivity index (χ1) is 9.20. The van der Waals surface area contributed by atoms with Gasteiger partial charge in [-0.2, -0.15) is 0 Å². The molecule has 2 aliphatic rings. The molecule has 2 saturated heterocycles. The monoisotopic (exact) mass is 278 g/mol. The van der Waals surface area contributed by atoms with E-state index in [-0.39, 0.29) is 0 Å². The quantitative estimate of drug-likeness (QED) is 0.849. The van der Waals surface area contributed by atoms with Crippen LogP contribution < -0.4 is 5.32 Å². The van der Waals surface area contributed by atoms with Crippen molar-refractivity contribution in [2.45, 2.75) is 25.2 Å². The molecule has 1 unspecified atom stereocenters. The molecular formula is C16H23ClN2. The predicted octanol–water partition coefficient (Wildman–Crippen LogP) is 3.13. The number of hydrogen-bond acceptors (Lipinski definition) is 2. The third-order valence-corrected chi connectivity index (χ3v) is 5.36. The SMILES string of the molecule is CN1CCC2(CCNCC2c2cccc(Cl)c2)CC1. The first kappa shape index (κ1) is 13.4. The molecule has 2 fully saturated rings. The van der Waals surface area contributed by atoms with Crippen LogP contribution in [0.2, 0.25) is 5.02 Å². The molecule has 1 N–H and O–H groups in total. The lowest BCUT2D eigenvalue weighted by molar-refractivity contribution is 0.0651. The molecule has 1 aromatic carbocycles. The van der Waals surface area contributed by atoms with Crippen LogP contribution in [0.25, 0.3) is 0 Å². The zero-order valence-corrected chi connectivity index (χ0v) is 12.4. The van der Waals surface area contributed by atoms with Gasteiger partial charge in [0.15, 0.2) is 0 Å². The Morgan fingerprint density at radius 1 is 1.26 bits per heavy atom. The lowest BCUT2D eigenvalue weighted by Gasteiger charge is -2.49. The molecule has 0 radical (unpaired) electrons. The van der Waals surface area contributed by atoms with E-state index in [1.54, 1.807) is 0 Å². The second-order valence-electron chi connectivity index (χ2n) is 6.23. The van der Waals surface area contributed by atoms with Crippen molar-refractivity contribution in [1.29, 1.82) is 0 Å². The summed E-state index contributed by atoms with van der Waals surface area (Å²) in [6, 6.07) is 8.49. The van der Waals surface area contributed by atoms with Gasteiger partial charge < -0.3 is 10.2 Å². The summed E-state index contributed by atoms with van der Waals surface area (Å²) in [5.74, 6) is 0.619. The topological polar surface area (TPSA) is 15.3 Å². The number of halogens is 1. The third kappa shape index (κ3) is 2.67. The van der Waals surface area contributed by atoms with E-state index in [2.05, 4.69) is 35.5 Å². The van der Waals surface area contributed by atoms with Crippen LogP contribution in [0.15, 0.2) is 24.3 Å². The van der Waals surface area contributed by atoms with Crippen molar-refractivity contribution in [3.63, 3.8) is 0 Å². The van der Waals surface area contributed by atoms with Gasteiger partial charge in [0.05, 0.1) is 0 Å². The summed E-state index contributed by atoms with van der Waals surface area (Å²) >= 11 is 6.19. The van der Waals surface area contributed by atoms with E-state index in [4.69, 9.17) is 11.6 Å². The molecule has 1 aromatic rings. The molecule has 0 bridgehead atoms. The van der Waals surface area contributed by atoms with Crippen molar-refractivity contribution in [3.05, 3.63) is 34.9 Å². The number of hydrogen-bond donors (Lipinski definition) is 1. The maximum absolute atomic E-state index is 6.19. The first-order valence-electron chi connectivity index (χ1n) is 7.34. The van der Waals surface area contributed by atoms with E-state index >= 15 is 0 Å². The molecule has 2 heterocycles. The van der Waals surface area contributed by atoms with E-state index in [1.807, 2.05) is 6.07 Å². The minimum Gasteiger partial charge on any atom is -0.316 e. The van der Waals surface area contributed by atoms with Gasteiger partial charge in [0.25, 0.3) is 0 Å². The van der Waals surface area contributed by atoms with Gasteiger partial charge in [-0.3, -0.25) is 0 Å². The smallest absolute Gasteiger partial charge is 0.0408 e. The molecule has 0 aliphatic carbocycles. The molecular weight excluding hydrogens is 256 g/mol. The first-order valence-corrected chi connectivity index (χ1v) is 7.72. The summed E-state index contributed by atoms with van der Waals surface area (Å²) in [5.41, 5.74) is 1.91. The Balaban J connectivity index is 1.89. The van der Waals surface area contributed by atoms with Crippen molar-refractivity contribution in [2.75, 3.05) is 33.2 Å². The van der Waals surface area contributed by atoms with Crippen molar-refractivity contribution in [3.8, 4) is 0 Å². The van der Waals surface area contributed by atoms with E-state index in [1.165, 1.54) is 44.5 Å². The van der Waals surface area contributed by atoms with Gasteiger partial charge in [0, 0.05) is 17.5 Å². The second-order valence-corrected chi connectivity index (χ2v) is 6.66. The minimum atomic E-state index is 0.489. The van der Waals surface area contributed by atoms with Gasteiger partial charge in [-0.15, -0.1) is 0 Å². The molecule has 0 saturated carbocycles. The van der Waals surface area contributed by atoms with Crippen molar-refractivity contribution in [1.82, 2.24) is 10.2 Å². The fourth-order valence-corrected chi connectivity index (χ4v) is 4.03. The summed E-state index contributed by atoms with van der Waals surface area (Å²) in [6.45, 7) is 4.74. The van der Waals surface area contributed by atoms with Crippen LogP contribution in [0.4, 0.5) is 0 Å². The van der Waals surface area contributed by atoms with Gasteiger partial charge in [-0.05, 0) is 69.1 Å². The molecule has 1 atom stereocenters. The highest BCUT2D eigenvalue weighted by Gasteiger charge is 2.42. The molecule has 1 spiro atoms. The van der Waals surface area contributed by atoms with Gasteiger partial charge >= 0.3 is 0 Å². The van der Waals surface area contributed by atoms with Crippen molar-refractivity contribution in [2.24, 2.45) is 5.41 Å². The molecule has 0 aromatic heterocycles. The summed E-state index contributed by atoms with van der Waals surface area (Å²) in [4.78, 5) is 2.46. The Bertz CT molecular complexity index is 438. The highest BCUT2D eigenvalue weighted by atomic mass is 35.5. The van der Waals surface area contributed by atoms with Crippen LogP contribution in [-0.4, -0.2) is 38.1 Å². The summed E-state index contributed by atoms with van der Waals surface area (Å²) < 4.78 is 0. The van der Waals surface area contributed by atoms with Gasteiger partial charge in [0.2, 0.25) is 0 Å². The Morgan fingerprint density at radius 2 is 2.05 bits per heavy atom. The Labute approximate surface area is 121 Å². The number of likely N-dealkylation sites (tertiary alicyclic amines) is 1. The van der Waals surface area contributed by atoms with Crippen LogP contribution in [-0.2, 0) is 0 Å². The Kier molecular flexibility index (Phi) is 3.84. The van der Waals surface area contributed by atoms with Crippen molar-refractivity contribution < 1.29 is 0 Å². The standard InChI is InChI=1S/C16H23ClN2/c1-19-9-6-16(7-10-19)5-8-18-12-15(16)13-3-2-4-14(17)11-13/h2-4,11,15,18H,5-10,12H2,1H3. The molecule has 3 heteroatoms. The minimum absolute atomic E-state index is 0.489. The largest absolute Gasteiger partial charge is 0.316 e.